The van der Waals surface area contributed by atoms with Crippen molar-refractivity contribution in [3.8, 4) is 0 Å². The maximum atomic E-state index is 12.4. The Labute approximate surface area is 145 Å². The minimum atomic E-state index is -0.105. The van der Waals surface area contributed by atoms with Crippen LogP contribution in [0.15, 0.2) is 59.7 Å². The number of fused-ring (bicyclic) bond motifs is 2. The molecule has 0 atom stereocenters. The highest BCUT2D eigenvalue weighted by atomic mass is 16.2. The van der Waals surface area contributed by atoms with Gasteiger partial charge in [0.1, 0.15) is 0 Å². The Morgan fingerprint density at radius 1 is 1.08 bits per heavy atom. The Hall–Kier alpha value is -2.95. The molecule has 1 heterocycles. The molecule has 0 unspecified atom stereocenters. The van der Waals surface area contributed by atoms with E-state index in [1.165, 1.54) is 22.0 Å². The van der Waals surface area contributed by atoms with Crippen LogP contribution < -0.4 is 10.9 Å². The van der Waals surface area contributed by atoms with Gasteiger partial charge in [-0.25, -0.2) is 4.98 Å². The van der Waals surface area contributed by atoms with Crippen LogP contribution >= 0.6 is 0 Å². The van der Waals surface area contributed by atoms with E-state index in [0.717, 1.165) is 12.8 Å². The minimum absolute atomic E-state index is 0.0298. The van der Waals surface area contributed by atoms with E-state index in [9.17, 15) is 9.59 Å². The molecule has 1 aromatic heterocycles. The predicted octanol–water partition coefficient (Wildman–Crippen LogP) is 2.07. The summed E-state index contributed by atoms with van der Waals surface area (Å²) in [6.07, 6.45) is 3.54. The normalized spacial score (nSPS) is 13.8. The van der Waals surface area contributed by atoms with Crippen LogP contribution in [0, 0.1) is 0 Å². The van der Waals surface area contributed by atoms with Crippen molar-refractivity contribution in [2.24, 2.45) is 0 Å². The van der Waals surface area contributed by atoms with Gasteiger partial charge in [0.2, 0.25) is 5.91 Å². The van der Waals surface area contributed by atoms with Crippen molar-refractivity contribution in [2.75, 3.05) is 0 Å². The number of para-hydroxylation sites is 1. The summed E-state index contributed by atoms with van der Waals surface area (Å²) in [4.78, 5) is 29.0. The average molecular weight is 333 g/mol. The number of hydrogen-bond acceptors (Lipinski definition) is 3. The van der Waals surface area contributed by atoms with Gasteiger partial charge in [-0.3, -0.25) is 14.2 Å². The van der Waals surface area contributed by atoms with Gasteiger partial charge in [0, 0.05) is 19.0 Å². The van der Waals surface area contributed by atoms with E-state index in [1.807, 2.05) is 30.3 Å². The fraction of sp³-hybridized carbons (Fsp3) is 0.250. The van der Waals surface area contributed by atoms with Gasteiger partial charge < -0.3 is 5.32 Å². The van der Waals surface area contributed by atoms with Gasteiger partial charge in [-0.15, -0.1) is 0 Å². The summed E-state index contributed by atoms with van der Waals surface area (Å²) in [7, 11) is 0. The molecule has 1 amide bonds. The SMILES string of the molecule is O=C(CCn1cnc2ccccc2c1=O)NC1Cc2ccccc2C1. The van der Waals surface area contributed by atoms with Crippen molar-refractivity contribution in [3.63, 3.8) is 0 Å². The largest absolute Gasteiger partial charge is 0.353 e. The molecule has 1 aliphatic rings. The number of hydrogen-bond donors (Lipinski definition) is 1. The molecule has 3 aromatic rings. The number of carbonyl (C=O) groups excluding carboxylic acids is 1. The zero-order chi connectivity index (χ0) is 17.2. The molecule has 1 N–H and O–H groups in total. The molecule has 1 aliphatic carbocycles. The summed E-state index contributed by atoms with van der Waals surface area (Å²) in [6, 6.07) is 15.7. The molecule has 25 heavy (non-hydrogen) atoms. The van der Waals surface area contributed by atoms with Gasteiger partial charge in [0.25, 0.3) is 5.56 Å². The van der Waals surface area contributed by atoms with E-state index < -0.39 is 0 Å². The number of rotatable bonds is 4. The van der Waals surface area contributed by atoms with Crippen LogP contribution in [0.3, 0.4) is 0 Å². The Morgan fingerprint density at radius 3 is 2.52 bits per heavy atom. The smallest absolute Gasteiger partial charge is 0.261 e. The van der Waals surface area contributed by atoms with Gasteiger partial charge in [-0.05, 0) is 36.1 Å². The first-order valence-electron chi connectivity index (χ1n) is 8.51. The van der Waals surface area contributed by atoms with Crippen molar-refractivity contribution in [3.05, 3.63) is 76.3 Å². The molecule has 4 rings (SSSR count). The summed E-state index contributed by atoms with van der Waals surface area (Å²) in [6.45, 7) is 0.335. The lowest BCUT2D eigenvalue weighted by molar-refractivity contribution is -0.121. The summed E-state index contributed by atoms with van der Waals surface area (Å²) < 4.78 is 1.51. The molecular weight excluding hydrogens is 314 g/mol. The van der Waals surface area contributed by atoms with E-state index in [4.69, 9.17) is 0 Å². The van der Waals surface area contributed by atoms with Crippen molar-refractivity contribution in [1.82, 2.24) is 14.9 Å². The fourth-order valence-electron chi connectivity index (χ4n) is 3.45. The molecule has 0 bridgehead atoms. The minimum Gasteiger partial charge on any atom is -0.353 e. The van der Waals surface area contributed by atoms with Crippen molar-refractivity contribution in [1.29, 1.82) is 0 Å². The van der Waals surface area contributed by atoms with Crippen molar-refractivity contribution in [2.45, 2.75) is 31.8 Å². The van der Waals surface area contributed by atoms with Crippen LogP contribution in [-0.2, 0) is 24.2 Å². The summed E-state index contributed by atoms with van der Waals surface area (Å²) >= 11 is 0. The molecule has 0 saturated heterocycles. The average Bonchev–Trinajstić information content (AvgIpc) is 3.03. The second-order valence-electron chi connectivity index (χ2n) is 6.45. The van der Waals surface area contributed by atoms with Crippen LogP contribution in [0.25, 0.3) is 10.9 Å². The van der Waals surface area contributed by atoms with Crippen LogP contribution in [0.1, 0.15) is 17.5 Å². The third kappa shape index (κ3) is 3.18. The zero-order valence-corrected chi connectivity index (χ0v) is 13.8. The van der Waals surface area contributed by atoms with Gasteiger partial charge in [-0.2, -0.15) is 0 Å². The van der Waals surface area contributed by atoms with Gasteiger partial charge >= 0.3 is 0 Å². The Morgan fingerprint density at radius 2 is 1.76 bits per heavy atom. The number of benzene rings is 2. The lowest BCUT2D eigenvalue weighted by Gasteiger charge is -2.12. The fourth-order valence-corrected chi connectivity index (χ4v) is 3.45. The Bertz CT molecular complexity index is 968. The first kappa shape index (κ1) is 15.6. The second kappa shape index (κ2) is 6.51. The molecule has 5 nitrogen and oxygen atoms in total. The number of nitrogens with one attached hydrogen (secondary N) is 1. The van der Waals surface area contributed by atoms with E-state index in [1.54, 1.807) is 6.07 Å². The van der Waals surface area contributed by atoms with Crippen molar-refractivity contribution < 1.29 is 4.79 Å². The topological polar surface area (TPSA) is 64.0 Å². The number of nitrogens with zero attached hydrogens (tertiary/aromatic N) is 2. The standard InChI is InChI=1S/C20H19N3O2/c24-19(22-16-11-14-5-1-2-6-15(14)12-16)9-10-23-13-21-18-8-4-3-7-17(18)20(23)25/h1-8,13,16H,9-12H2,(H,22,24). The van der Waals surface area contributed by atoms with Gasteiger partial charge in [-0.1, -0.05) is 36.4 Å². The maximum absolute atomic E-state index is 12.4. The van der Waals surface area contributed by atoms with E-state index in [2.05, 4.69) is 22.4 Å². The summed E-state index contributed by atoms with van der Waals surface area (Å²) in [5.41, 5.74) is 3.19. The highest BCUT2D eigenvalue weighted by molar-refractivity contribution is 5.77. The Balaban J connectivity index is 1.38. The van der Waals surface area contributed by atoms with Gasteiger partial charge in [0.15, 0.2) is 0 Å². The van der Waals surface area contributed by atoms with E-state index >= 15 is 0 Å². The van der Waals surface area contributed by atoms with E-state index in [0.29, 0.717) is 17.4 Å². The highest BCUT2D eigenvalue weighted by Crippen LogP contribution is 2.21. The van der Waals surface area contributed by atoms with E-state index in [-0.39, 0.29) is 23.9 Å². The molecule has 2 aromatic carbocycles. The monoisotopic (exact) mass is 333 g/mol. The first-order chi connectivity index (χ1) is 12.2. The van der Waals surface area contributed by atoms with Crippen LogP contribution in [0.4, 0.5) is 0 Å². The lowest BCUT2D eigenvalue weighted by atomic mass is 10.1. The summed E-state index contributed by atoms with van der Waals surface area (Å²) in [5.74, 6) is -0.0298. The molecule has 0 spiro atoms. The van der Waals surface area contributed by atoms with Crippen LogP contribution in [0.2, 0.25) is 0 Å². The van der Waals surface area contributed by atoms with Crippen molar-refractivity contribution >= 4 is 16.8 Å². The highest BCUT2D eigenvalue weighted by Gasteiger charge is 2.22. The molecule has 126 valence electrons. The quantitative estimate of drug-likeness (QED) is 0.795. The molecule has 0 aliphatic heterocycles. The Kier molecular flexibility index (Phi) is 4.06. The van der Waals surface area contributed by atoms with Crippen LogP contribution in [-0.4, -0.2) is 21.5 Å². The third-order valence-electron chi connectivity index (χ3n) is 4.73. The number of aromatic nitrogens is 2. The molecule has 0 saturated carbocycles. The number of carbonyl (C=O) groups is 1. The van der Waals surface area contributed by atoms with Gasteiger partial charge in [0.05, 0.1) is 17.2 Å². The first-order valence-corrected chi connectivity index (χ1v) is 8.51. The maximum Gasteiger partial charge on any atom is 0.261 e. The number of aryl methyl sites for hydroxylation is 1. The lowest BCUT2D eigenvalue weighted by Crippen LogP contribution is -2.36. The molecular formula is C20H19N3O2. The second-order valence-corrected chi connectivity index (χ2v) is 6.45. The third-order valence-corrected chi connectivity index (χ3v) is 4.73. The number of amides is 1. The molecule has 0 fully saturated rings. The molecule has 5 heteroatoms. The summed E-state index contributed by atoms with van der Waals surface area (Å²) in [5, 5.41) is 3.66. The zero-order valence-electron chi connectivity index (χ0n) is 13.8. The predicted molar refractivity (Wildman–Crippen MR) is 96.4 cm³/mol. The molecule has 0 radical (unpaired) electrons. The van der Waals surface area contributed by atoms with Crippen LogP contribution in [0.5, 0.6) is 0 Å².